The minimum atomic E-state index is 0.131. The van der Waals surface area contributed by atoms with E-state index in [9.17, 15) is 10.5 Å². The van der Waals surface area contributed by atoms with Crippen molar-refractivity contribution in [3.05, 3.63) is 107 Å². The number of oxazole rings is 2. The lowest BCUT2D eigenvalue weighted by Crippen LogP contribution is -2.23. The van der Waals surface area contributed by atoms with Crippen LogP contribution in [0, 0.1) is 36.5 Å². The number of hydrogen-bond acceptors (Lipinski definition) is 6. The van der Waals surface area contributed by atoms with Crippen molar-refractivity contribution in [2.24, 2.45) is 0 Å². The lowest BCUT2D eigenvalue weighted by molar-refractivity contribution is 0.585. The van der Waals surface area contributed by atoms with Crippen molar-refractivity contribution >= 4 is 81.6 Å². The lowest BCUT2D eigenvalue weighted by Gasteiger charge is -2.04. The second kappa shape index (κ2) is 9.26. The van der Waals surface area contributed by atoms with Gasteiger partial charge in [0.2, 0.25) is 27.7 Å². The highest BCUT2D eigenvalue weighted by Crippen LogP contribution is 2.30. The van der Waals surface area contributed by atoms with Gasteiger partial charge in [-0.1, -0.05) is 60.7 Å². The summed E-state index contributed by atoms with van der Waals surface area (Å²) >= 11 is 0. The fraction of sp³-hybridized carbons (Fsp3) is 0.0588. The minimum Gasteiger partial charge on any atom is -0.435 e. The fourth-order valence-electron chi connectivity index (χ4n) is 6.19. The molecule has 4 aromatic carbocycles. The van der Waals surface area contributed by atoms with Crippen molar-refractivity contribution in [3.63, 3.8) is 0 Å². The van der Waals surface area contributed by atoms with E-state index in [1.165, 1.54) is 8.96 Å². The minimum absolute atomic E-state index is 0.131. The molecule has 8 rings (SSSR count). The Balaban J connectivity index is 1.46. The molecule has 0 N–H and O–H groups in total. The van der Waals surface area contributed by atoms with Gasteiger partial charge in [-0.05, 0) is 36.8 Å². The van der Waals surface area contributed by atoms with E-state index in [-0.39, 0.29) is 22.9 Å². The van der Waals surface area contributed by atoms with Gasteiger partial charge in [-0.3, -0.25) is 0 Å². The Morgan fingerprint density at radius 2 is 1.05 bits per heavy atom. The summed E-state index contributed by atoms with van der Waals surface area (Å²) in [5.41, 5.74) is 3.83. The highest BCUT2D eigenvalue weighted by Gasteiger charge is 2.24. The lowest BCUT2D eigenvalue weighted by atomic mass is 10.1. The third-order valence-corrected chi connectivity index (χ3v) is 8.34. The van der Waals surface area contributed by atoms with E-state index in [0.29, 0.717) is 55.1 Å². The maximum atomic E-state index is 10.5. The van der Waals surface area contributed by atoms with Crippen molar-refractivity contribution in [1.29, 1.82) is 10.5 Å². The van der Waals surface area contributed by atoms with Gasteiger partial charge in [0.15, 0.2) is 11.2 Å². The first-order chi connectivity index (χ1) is 21.4. The predicted molar refractivity (Wildman–Crippen MR) is 170 cm³/mol. The zero-order valence-corrected chi connectivity index (χ0v) is 23.6. The third kappa shape index (κ3) is 3.40. The molecule has 0 saturated carbocycles. The molecule has 0 unspecified atom stereocenters. The molecule has 4 aromatic heterocycles. The average Bonchev–Trinajstić information content (AvgIpc) is 3.79. The van der Waals surface area contributed by atoms with E-state index in [1.54, 1.807) is 13.8 Å². The van der Waals surface area contributed by atoms with E-state index in [1.807, 2.05) is 72.8 Å². The van der Waals surface area contributed by atoms with E-state index >= 15 is 0 Å². The number of hydrogen-bond donors (Lipinski definition) is 0. The first-order valence-corrected chi connectivity index (χ1v) is 13.8. The van der Waals surface area contributed by atoms with Gasteiger partial charge in [-0.2, -0.15) is 10.5 Å². The SMILES string of the molecule is [B]n1c(C)c2/c(=C(\C#N)c3nc4c(ccc5ccccc54)o3)n([B])c(C)c2/c1=C(\C#N)c1nc2c(ccc3ccccc32)o1. The predicted octanol–water partition coefficient (Wildman–Crippen LogP) is 4.96. The Kier molecular flexibility index (Phi) is 5.41. The van der Waals surface area contributed by atoms with Crippen LogP contribution in [0.5, 0.6) is 0 Å². The molecule has 0 atom stereocenters. The molecule has 8 aromatic rings. The number of aromatic nitrogens is 4. The van der Waals surface area contributed by atoms with Crippen LogP contribution in [0.2, 0.25) is 0 Å². The molecular formula is C34H18B2N6O2. The van der Waals surface area contributed by atoms with Gasteiger partial charge in [-0.15, -0.1) is 0 Å². The summed E-state index contributed by atoms with van der Waals surface area (Å²) in [6.07, 6.45) is 0. The monoisotopic (exact) mass is 564 g/mol. The normalized spacial score (nSPS) is 13.2. The van der Waals surface area contributed by atoms with Crippen LogP contribution in [0.1, 0.15) is 23.2 Å². The molecule has 202 valence electrons. The summed E-state index contributed by atoms with van der Waals surface area (Å²) in [4.78, 5) is 9.47. The van der Waals surface area contributed by atoms with E-state index < -0.39 is 0 Å². The first-order valence-electron chi connectivity index (χ1n) is 13.8. The molecular weight excluding hydrogens is 546 g/mol. The largest absolute Gasteiger partial charge is 0.435 e. The van der Waals surface area contributed by atoms with Crippen molar-refractivity contribution < 1.29 is 8.83 Å². The molecule has 0 bridgehead atoms. The van der Waals surface area contributed by atoms with Crippen LogP contribution in [0.3, 0.4) is 0 Å². The molecule has 10 heteroatoms. The summed E-state index contributed by atoms with van der Waals surface area (Å²) < 4.78 is 15.1. The summed E-state index contributed by atoms with van der Waals surface area (Å²) in [6.45, 7) is 3.61. The van der Waals surface area contributed by atoms with Gasteiger partial charge in [0, 0.05) is 32.9 Å². The number of nitrogens with zero attached hydrogens (tertiary/aromatic N) is 6. The number of rotatable bonds is 2. The summed E-state index contributed by atoms with van der Waals surface area (Å²) in [5, 5.41) is 26.7. The van der Waals surface area contributed by atoms with Gasteiger partial charge >= 0.3 is 0 Å². The molecule has 0 amide bonds. The zero-order chi connectivity index (χ0) is 30.3. The highest BCUT2D eigenvalue weighted by molar-refractivity contribution is 6.15. The first kappa shape index (κ1) is 25.7. The molecule has 4 radical (unpaired) electrons. The highest BCUT2D eigenvalue weighted by atomic mass is 16.4. The van der Waals surface area contributed by atoms with E-state index in [0.717, 1.165) is 21.5 Å². The van der Waals surface area contributed by atoms with Crippen LogP contribution in [0.4, 0.5) is 0 Å². The summed E-state index contributed by atoms with van der Waals surface area (Å²) in [7, 11) is 13.3. The average molecular weight is 564 g/mol. The van der Waals surface area contributed by atoms with Crippen molar-refractivity contribution in [1.82, 2.24) is 18.9 Å². The van der Waals surface area contributed by atoms with Crippen LogP contribution in [-0.4, -0.2) is 34.9 Å². The molecule has 0 aliphatic heterocycles. The van der Waals surface area contributed by atoms with Crippen LogP contribution < -0.4 is 10.7 Å². The maximum absolute atomic E-state index is 10.5. The van der Waals surface area contributed by atoms with E-state index in [2.05, 4.69) is 12.1 Å². The van der Waals surface area contributed by atoms with Crippen molar-refractivity contribution in [3.8, 4) is 12.1 Å². The topological polar surface area (TPSA) is 110 Å². The van der Waals surface area contributed by atoms with Gasteiger partial charge in [0.25, 0.3) is 0 Å². The zero-order valence-electron chi connectivity index (χ0n) is 23.6. The molecule has 4 heterocycles. The van der Waals surface area contributed by atoms with Crippen LogP contribution in [-0.2, 0) is 0 Å². The second-order valence-corrected chi connectivity index (χ2v) is 10.6. The summed E-state index contributed by atoms with van der Waals surface area (Å²) in [5.74, 6) is 0.261. The van der Waals surface area contributed by atoms with Crippen LogP contribution in [0.25, 0.3) is 65.7 Å². The maximum Gasteiger partial charge on any atom is 0.240 e. The Hall–Kier alpha value is -5.99. The number of benzene rings is 4. The van der Waals surface area contributed by atoms with Gasteiger partial charge in [0.05, 0.1) is 10.7 Å². The molecule has 8 nitrogen and oxygen atoms in total. The van der Waals surface area contributed by atoms with Gasteiger partial charge in [0.1, 0.15) is 34.3 Å². The fourth-order valence-corrected chi connectivity index (χ4v) is 6.19. The third-order valence-electron chi connectivity index (χ3n) is 8.34. The quantitative estimate of drug-likeness (QED) is 0.275. The molecule has 0 spiro atoms. The standard InChI is InChI=1S/C34H18B2N6O2/c1-17-27-28(32(41(17)35)24(16-38)34-40-30-22-10-6-4-8-20(22)12-14-26(30)44-34)18(2)42(36)31(27)23(15-37)33-39-29-21-9-5-3-7-19(21)11-13-25(29)43-33/h3-14H,1-2H3/b31-23-,32-24-. The van der Waals surface area contributed by atoms with E-state index in [4.69, 9.17) is 34.8 Å². The van der Waals surface area contributed by atoms with Gasteiger partial charge in [-0.25, -0.2) is 9.97 Å². The Morgan fingerprint density at radius 3 is 1.45 bits per heavy atom. The van der Waals surface area contributed by atoms with Crippen LogP contribution >= 0.6 is 0 Å². The van der Waals surface area contributed by atoms with Crippen molar-refractivity contribution in [2.45, 2.75) is 13.8 Å². The Bertz CT molecular complexity index is 2560. The van der Waals surface area contributed by atoms with Crippen LogP contribution in [0.15, 0.2) is 81.6 Å². The summed E-state index contributed by atoms with van der Waals surface area (Å²) in [6, 6.07) is 27.8. The number of nitriles is 2. The Morgan fingerprint density at radius 1 is 0.636 bits per heavy atom. The van der Waals surface area contributed by atoms with Crippen molar-refractivity contribution in [2.75, 3.05) is 0 Å². The molecule has 0 aliphatic rings. The number of fused-ring (bicyclic) bond motifs is 7. The molecule has 0 aliphatic carbocycles. The molecule has 0 fully saturated rings. The molecule has 0 saturated heterocycles. The number of aryl methyl sites for hydroxylation is 2. The molecule has 44 heavy (non-hydrogen) atoms. The smallest absolute Gasteiger partial charge is 0.240 e. The Labute approximate surface area is 252 Å². The van der Waals surface area contributed by atoms with Gasteiger partial charge < -0.3 is 17.8 Å². The second-order valence-electron chi connectivity index (χ2n) is 10.6.